The van der Waals surface area contributed by atoms with E-state index in [-0.39, 0.29) is 18.1 Å². The monoisotopic (exact) mass is 466 g/mol. The first kappa shape index (κ1) is 22.6. The molecular weight excluding hydrogens is 432 g/mol. The van der Waals surface area contributed by atoms with Crippen molar-refractivity contribution >= 4 is 22.0 Å². The van der Waals surface area contributed by atoms with Crippen molar-refractivity contribution < 1.29 is 14.6 Å². The fourth-order valence-electron chi connectivity index (χ4n) is 4.68. The Balaban J connectivity index is 1.85. The third-order valence-electron chi connectivity index (χ3n) is 6.13. The molecule has 2 fully saturated rings. The SMILES string of the molecule is CC(C)(C)OC(=O)N1CCNCC1CC(c1ccc(Br)cc1)C1(O)CCCCC1. The molecule has 162 valence electrons. The summed E-state index contributed by atoms with van der Waals surface area (Å²) in [5, 5.41) is 15.1. The van der Waals surface area contributed by atoms with Crippen molar-refractivity contribution in [3.8, 4) is 0 Å². The fourth-order valence-corrected chi connectivity index (χ4v) is 4.94. The van der Waals surface area contributed by atoms with Crippen molar-refractivity contribution in [2.75, 3.05) is 19.6 Å². The number of hydrogen-bond acceptors (Lipinski definition) is 4. The Morgan fingerprint density at radius 2 is 1.93 bits per heavy atom. The summed E-state index contributed by atoms with van der Waals surface area (Å²) in [6, 6.07) is 8.29. The summed E-state index contributed by atoms with van der Waals surface area (Å²) in [5.74, 6) is -0.00858. The van der Waals surface area contributed by atoms with E-state index in [9.17, 15) is 9.90 Å². The number of halogens is 1. The first-order valence-electron chi connectivity index (χ1n) is 10.9. The fraction of sp³-hybridized carbons (Fsp3) is 0.696. The Bertz CT molecular complexity index is 680. The van der Waals surface area contributed by atoms with Crippen LogP contribution in [0.1, 0.15) is 70.8 Å². The first-order valence-corrected chi connectivity index (χ1v) is 11.7. The van der Waals surface area contributed by atoms with Gasteiger partial charge in [-0.15, -0.1) is 0 Å². The van der Waals surface area contributed by atoms with Gasteiger partial charge < -0.3 is 20.1 Å². The van der Waals surface area contributed by atoms with Crippen LogP contribution in [-0.4, -0.2) is 53.0 Å². The Labute approximate surface area is 183 Å². The second kappa shape index (κ2) is 9.36. The molecule has 1 aliphatic carbocycles. The number of carbonyl (C=O) groups excluding carboxylic acids is 1. The maximum atomic E-state index is 12.9. The maximum Gasteiger partial charge on any atom is 0.410 e. The predicted octanol–water partition coefficient (Wildman–Crippen LogP) is 4.83. The summed E-state index contributed by atoms with van der Waals surface area (Å²) in [6.45, 7) is 7.82. The number of rotatable bonds is 4. The van der Waals surface area contributed by atoms with Crippen LogP contribution in [0.25, 0.3) is 0 Å². The Morgan fingerprint density at radius 1 is 1.28 bits per heavy atom. The summed E-state index contributed by atoms with van der Waals surface area (Å²) in [7, 11) is 0. The lowest BCUT2D eigenvalue weighted by Gasteiger charge is -2.44. The van der Waals surface area contributed by atoms with Gasteiger partial charge in [-0.3, -0.25) is 0 Å². The zero-order chi connectivity index (χ0) is 21.1. The molecular formula is C23H35BrN2O3. The van der Waals surface area contributed by atoms with Gasteiger partial charge in [0.1, 0.15) is 5.60 Å². The van der Waals surface area contributed by atoms with Gasteiger partial charge >= 0.3 is 6.09 Å². The van der Waals surface area contributed by atoms with E-state index in [1.54, 1.807) is 0 Å². The minimum absolute atomic E-state index is 0.00167. The number of amides is 1. The molecule has 1 aromatic rings. The van der Waals surface area contributed by atoms with Crippen molar-refractivity contribution in [1.29, 1.82) is 0 Å². The van der Waals surface area contributed by atoms with Crippen molar-refractivity contribution in [3.63, 3.8) is 0 Å². The van der Waals surface area contributed by atoms with Crippen LogP contribution in [0.3, 0.4) is 0 Å². The van der Waals surface area contributed by atoms with E-state index in [2.05, 4.69) is 33.4 Å². The smallest absolute Gasteiger partial charge is 0.410 e. The van der Waals surface area contributed by atoms with E-state index in [1.165, 1.54) is 6.42 Å². The molecule has 2 aliphatic rings. The quantitative estimate of drug-likeness (QED) is 0.666. The molecule has 5 nitrogen and oxygen atoms in total. The van der Waals surface area contributed by atoms with E-state index in [1.807, 2.05) is 37.8 Å². The molecule has 0 aromatic heterocycles. The van der Waals surface area contributed by atoms with Crippen LogP contribution in [0.5, 0.6) is 0 Å². The molecule has 3 rings (SSSR count). The third kappa shape index (κ3) is 5.96. The summed E-state index contributed by atoms with van der Waals surface area (Å²) >= 11 is 3.52. The molecule has 2 atom stereocenters. The zero-order valence-corrected chi connectivity index (χ0v) is 19.5. The number of benzene rings is 1. The summed E-state index contributed by atoms with van der Waals surface area (Å²) in [4.78, 5) is 14.7. The average Bonchev–Trinajstić information content (AvgIpc) is 2.66. The Hall–Kier alpha value is -1.11. The predicted molar refractivity (Wildman–Crippen MR) is 119 cm³/mol. The molecule has 1 aliphatic heterocycles. The first-order chi connectivity index (χ1) is 13.7. The number of hydrogen-bond donors (Lipinski definition) is 2. The normalized spacial score (nSPS) is 23.5. The summed E-state index contributed by atoms with van der Waals surface area (Å²) < 4.78 is 6.70. The van der Waals surface area contributed by atoms with Gasteiger partial charge in [0.2, 0.25) is 0 Å². The highest BCUT2D eigenvalue weighted by atomic mass is 79.9. The molecule has 6 heteroatoms. The maximum absolute atomic E-state index is 12.9. The zero-order valence-electron chi connectivity index (χ0n) is 17.9. The standard InChI is InChI=1S/C23H35BrN2O3/c1-22(2,3)29-21(27)26-14-13-25-16-19(26)15-20(17-7-9-18(24)10-8-17)23(28)11-5-4-6-12-23/h7-10,19-20,25,28H,4-6,11-16H2,1-3H3. The van der Waals surface area contributed by atoms with E-state index in [0.29, 0.717) is 6.54 Å². The molecule has 1 saturated heterocycles. The van der Waals surface area contributed by atoms with Crippen LogP contribution >= 0.6 is 15.9 Å². The second-order valence-electron chi connectivity index (χ2n) is 9.54. The second-order valence-corrected chi connectivity index (χ2v) is 10.5. The van der Waals surface area contributed by atoms with Crippen LogP contribution < -0.4 is 5.32 Å². The molecule has 1 amide bonds. The van der Waals surface area contributed by atoms with Crippen LogP contribution in [-0.2, 0) is 4.74 Å². The number of aliphatic hydroxyl groups is 1. The summed E-state index contributed by atoms with van der Waals surface area (Å²) in [6.07, 6.45) is 5.41. The van der Waals surface area contributed by atoms with Crippen LogP contribution in [0.2, 0.25) is 0 Å². The van der Waals surface area contributed by atoms with Crippen LogP contribution in [0, 0.1) is 0 Å². The molecule has 2 N–H and O–H groups in total. The highest BCUT2D eigenvalue weighted by molar-refractivity contribution is 9.10. The molecule has 0 radical (unpaired) electrons. The number of ether oxygens (including phenoxy) is 1. The van der Waals surface area contributed by atoms with Crippen LogP contribution in [0.15, 0.2) is 28.7 Å². The molecule has 2 unspecified atom stereocenters. The van der Waals surface area contributed by atoms with E-state index < -0.39 is 11.2 Å². The lowest BCUT2D eigenvalue weighted by molar-refractivity contribution is -0.0357. The van der Waals surface area contributed by atoms with Gasteiger partial charge in [-0.1, -0.05) is 47.3 Å². The third-order valence-corrected chi connectivity index (χ3v) is 6.66. The number of nitrogens with one attached hydrogen (secondary N) is 1. The molecule has 0 spiro atoms. The van der Waals surface area contributed by atoms with Gasteiger partial charge in [0.25, 0.3) is 0 Å². The van der Waals surface area contributed by atoms with E-state index >= 15 is 0 Å². The van der Waals surface area contributed by atoms with Gasteiger partial charge in [0.05, 0.1) is 5.60 Å². The molecule has 1 saturated carbocycles. The molecule has 29 heavy (non-hydrogen) atoms. The van der Waals surface area contributed by atoms with Crippen molar-refractivity contribution in [2.45, 2.75) is 82.5 Å². The van der Waals surface area contributed by atoms with Gasteiger partial charge in [0, 0.05) is 36.1 Å². The number of nitrogens with zero attached hydrogens (tertiary/aromatic N) is 1. The Morgan fingerprint density at radius 3 is 2.55 bits per heavy atom. The molecule has 0 bridgehead atoms. The van der Waals surface area contributed by atoms with Gasteiger partial charge in [0.15, 0.2) is 0 Å². The van der Waals surface area contributed by atoms with Gasteiger partial charge in [-0.2, -0.15) is 0 Å². The lowest BCUT2D eigenvalue weighted by atomic mass is 9.70. The highest BCUT2D eigenvalue weighted by Gasteiger charge is 2.42. The Kier molecular flexibility index (Phi) is 7.28. The van der Waals surface area contributed by atoms with E-state index in [0.717, 1.165) is 55.2 Å². The van der Waals surface area contributed by atoms with Gasteiger partial charge in [-0.05, 0) is 57.7 Å². The van der Waals surface area contributed by atoms with Crippen LogP contribution in [0.4, 0.5) is 4.79 Å². The number of piperazine rings is 1. The lowest BCUT2D eigenvalue weighted by Crippen LogP contribution is -2.56. The minimum Gasteiger partial charge on any atom is -0.444 e. The largest absolute Gasteiger partial charge is 0.444 e. The minimum atomic E-state index is -0.719. The molecule has 1 heterocycles. The van der Waals surface area contributed by atoms with Gasteiger partial charge in [-0.25, -0.2) is 4.79 Å². The van der Waals surface area contributed by atoms with E-state index in [4.69, 9.17) is 4.74 Å². The highest BCUT2D eigenvalue weighted by Crippen LogP contribution is 2.43. The van der Waals surface area contributed by atoms with Crippen molar-refractivity contribution in [2.24, 2.45) is 0 Å². The van der Waals surface area contributed by atoms with Crippen molar-refractivity contribution in [1.82, 2.24) is 10.2 Å². The summed E-state index contributed by atoms with van der Waals surface area (Å²) in [5.41, 5.74) is -0.0882. The number of carbonyl (C=O) groups is 1. The average molecular weight is 467 g/mol. The van der Waals surface area contributed by atoms with Crippen molar-refractivity contribution in [3.05, 3.63) is 34.3 Å². The molecule has 1 aromatic carbocycles. The topological polar surface area (TPSA) is 61.8 Å².